The van der Waals surface area contributed by atoms with Gasteiger partial charge in [0.15, 0.2) is 0 Å². The molecule has 7 heteroatoms. The zero-order valence-corrected chi connectivity index (χ0v) is 14.4. The third kappa shape index (κ3) is 3.82. The summed E-state index contributed by atoms with van der Waals surface area (Å²) < 4.78 is 27.4. The highest BCUT2D eigenvalue weighted by Gasteiger charge is 2.38. The second-order valence-electron chi connectivity index (χ2n) is 6.28. The molecule has 2 saturated heterocycles. The first-order valence-corrected chi connectivity index (χ1v) is 8.78. The maximum Gasteiger partial charge on any atom is 0.251 e. The van der Waals surface area contributed by atoms with Gasteiger partial charge in [-0.3, -0.25) is 4.79 Å². The average molecular weight is 388 g/mol. The fourth-order valence-corrected chi connectivity index (χ4v) is 3.80. The van der Waals surface area contributed by atoms with Gasteiger partial charge in [0.05, 0.1) is 10.4 Å². The fourth-order valence-electron chi connectivity index (χ4n) is 3.29. The highest BCUT2D eigenvalue weighted by atomic mass is 79.9. The largest absolute Gasteiger partial charge is 0.355 e. The quantitative estimate of drug-likeness (QED) is 0.780. The highest BCUT2D eigenvalue weighted by molar-refractivity contribution is 9.10. The lowest BCUT2D eigenvalue weighted by molar-refractivity contribution is -0.141. The molecule has 0 spiro atoms. The summed E-state index contributed by atoms with van der Waals surface area (Å²) in [5.74, 6) is -1.90. The molecular weight excluding hydrogens is 368 g/mol. The van der Waals surface area contributed by atoms with E-state index in [9.17, 15) is 13.6 Å². The van der Waals surface area contributed by atoms with Gasteiger partial charge in [0.25, 0.3) is 5.92 Å². The van der Waals surface area contributed by atoms with Crippen LogP contribution in [0.15, 0.2) is 22.8 Å². The van der Waals surface area contributed by atoms with Gasteiger partial charge in [-0.1, -0.05) is 0 Å². The van der Waals surface area contributed by atoms with E-state index in [1.54, 1.807) is 11.1 Å². The molecule has 23 heavy (non-hydrogen) atoms. The molecular formula is C16H20BrF2N3O. The van der Waals surface area contributed by atoms with Crippen LogP contribution in [0.4, 0.5) is 14.6 Å². The van der Waals surface area contributed by atoms with E-state index in [0.717, 1.165) is 29.7 Å². The number of rotatable bonds is 2. The molecule has 0 radical (unpaired) electrons. The van der Waals surface area contributed by atoms with Crippen molar-refractivity contribution in [1.29, 1.82) is 0 Å². The van der Waals surface area contributed by atoms with E-state index in [1.807, 2.05) is 12.1 Å². The molecule has 2 fully saturated rings. The first-order chi connectivity index (χ1) is 11.0. The molecule has 0 aromatic carbocycles. The van der Waals surface area contributed by atoms with Crippen LogP contribution in [-0.4, -0.2) is 47.9 Å². The number of carbonyl (C=O) groups excluding carboxylic acids is 1. The Balaban J connectivity index is 1.65. The van der Waals surface area contributed by atoms with Crippen molar-refractivity contribution in [2.75, 3.05) is 31.1 Å². The molecule has 1 unspecified atom stereocenters. The second kappa shape index (κ2) is 6.71. The SMILES string of the molecule is O=C(C1CCCN(c2ncccc2Br)C1)N1CCC(F)(F)CC1. The minimum Gasteiger partial charge on any atom is -0.355 e. The molecule has 2 aliphatic rings. The van der Waals surface area contributed by atoms with Crippen LogP contribution in [0.1, 0.15) is 25.7 Å². The van der Waals surface area contributed by atoms with Crippen LogP contribution in [0.2, 0.25) is 0 Å². The standard InChI is InChI=1S/C16H20BrF2N3O/c17-13-4-1-7-20-14(13)22-8-2-3-12(11-22)15(23)21-9-5-16(18,19)6-10-21/h1,4,7,12H,2-3,5-6,8-11H2. The Labute approximate surface area is 143 Å². The van der Waals surface area contributed by atoms with Gasteiger partial charge in [-0.15, -0.1) is 0 Å². The predicted molar refractivity (Wildman–Crippen MR) is 87.6 cm³/mol. The van der Waals surface area contributed by atoms with Crippen molar-refractivity contribution in [2.45, 2.75) is 31.6 Å². The molecule has 1 atom stereocenters. The van der Waals surface area contributed by atoms with E-state index < -0.39 is 5.92 Å². The number of hydrogen-bond donors (Lipinski definition) is 0. The third-order valence-electron chi connectivity index (χ3n) is 4.62. The number of pyridine rings is 1. The van der Waals surface area contributed by atoms with Crippen LogP contribution >= 0.6 is 15.9 Å². The molecule has 0 bridgehead atoms. The van der Waals surface area contributed by atoms with E-state index in [2.05, 4.69) is 25.8 Å². The number of nitrogens with zero attached hydrogens (tertiary/aromatic N) is 3. The van der Waals surface area contributed by atoms with Crippen molar-refractivity contribution in [3.63, 3.8) is 0 Å². The lowest BCUT2D eigenvalue weighted by Crippen LogP contribution is -2.49. The summed E-state index contributed by atoms with van der Waals surface area (Å²) in [7, 11) is 0. The first kappa shape index (κ1) is 16.6. The Bertz CT molecular complexity index is 574. The number of likely N-dealkylation sites (tertiary alicyclic amines) is 1. The Hall–Kier alpha value is -1.24. The molecule has 0 N–H and O–H groups in total. The Morgan fingerprint density at radius 1 is 1.30 bits per heavy atom. The number of carbonyl (C=O) groups is 1. The van der Waals surface area contributed by atoms with Gasteiger partial charge < -0.3 is 9.80 Å². The summed E-state index contributed by atoms with van der Waals surface area (Å²) in [6.07, 6.45) is 3.01. The molecule has 126 valence electrons. The molecule has 0 saturated carbocycles. The number of alkyl halides is 2. The maximum absolute atomic E-state index is 13.3. The Kier molecular flexibility index (Phi) is 4.85. The molecule has 1 aromatic rings. The number of hydrogen-bond acceptors (Lipinski definition) is 3. The number of anilines is 1. The minimum absolute atomic E-state index is 0.0113. The zero-order valence-electron chi connectivity index (χ0n) is 12.9. The number of halogens is 3. The van der Waals surface area contributed by atoms with Gasteiger partial charge in [-0.25, -0.2) is 13.8 Å². The van der Waals surface area contributed by atoms with E-state index >= 15 is 0 Å². The van der Waals surface area contributed by atoms with E-state index in [1.165, 1.54) is 0 Å². The Morgan fingerprint density at radius 2 is 2.04 bits per heavy atom. The average Bonchev–Trinajstić information content (AvgIpc) is 2.55. The summed E-state index contributed by atoms with van der Waals surface area (Å²) in [5.41, 5.74) is 0. The van der Waals surface area contributed by atoms with Crippen molar-refractivity contribution in [1.82, 2.24) is 9.88 Å². The highest BCUT2D eigenvalue weighted by Crippen LogP contribution is 2.31. The maximum atomic E-state index is 13.3. The first-order valence-electron chi connectivity index (χ1n) is 7.98. The lowest BCUT2D eigenvalue weighted by atomic mass is 9.95. The van der Waals surface area contributed by atoms with E-state index in [-0.39, 0.29) is 37.8 Å². The van der Waals surface area contributed by atoms with E-state index in [4.69, 9.17) is 0 Å². The topological polar surface area (TPSA) is 36.4 Å². The minimum atomic E-state index is -2.62. The molecule has 3 heterocycles. The van der Waals surface area contributed by atoms with Gasteiger partial charge >= 0.3 is 0 Å². The molecule has 0 aliphatic carbocycles. The number of piperidine rings is 2. The Morgan fingerprint density at radius 3 is 2.74 bits per heavy atom. The molecule has 1 aromatic heterocycles. The van der Waals surface area contributed by atoms with Crippen LogP contribution in [0.25, 0.3) is 0 Å². The summed E-state index contributed by atoms with van der Waals surface area (Å²) in [5, 5.41) is 0. The molecule has 3 rings (SSSR count). The summed E-state index contributed by atoms with van der Waals surface area (Å²) in [6, 6.07) is 3.79. The van der Waals surface area contributed by atoms with Crippen LogP contribution in [0.5, 0.6) is 0 Å². The predicted octanol–water partition coefficient (Wildman–Crippen LogP) is 3.32. The molecule has 4 nitrogen and oxygen atoms in total. The van der Waals surface area contributed by atoms with Crippen molar-refractivity contribution in [3.8, 4) is 0 Å². The van der Waals surface area contributed by atoms with Crippen molar-refractivity contribution < 1.29 is 13.6 Å². The fraction of sp³-hybridized carbons (Fsp3) is 0.625. The van der Waals surface area contributed by atoms with Gasteiger partial charge in [0.2, 0.25) is 5.91 Å². The lowest BCUT2D eigenvalue weighted by Gasteiger charge is -2.38. The molecule has 1 amide bonds. The third-order valence-corrected chi connectivity index (χ3v) is 5.23. The normalized spacial score (nSPS) is 24.6. The summed E-state index contributed by atoms with van der Waals surface area (Å²) in [4.78, 5) is 20.7. The summed E-state index contributed by atoms with van der Waals surface area (Å²) >= 11 is 3.50. The van der Waals surface area contributed by atoms with Crippen LogP contribution < -0.4 is 4.90 Å². The number of amides is 1. The van der Waals surface area contributed by atoms with Gasteiger partial charge in [-0.05, 0) is 40.9 Å². The van der Waals surface area contributed by atoms with Gasteiger partial charge in [0.1, 0.15) is 5.82 Å². The summed E-state index contributed by atoms with van der Waals surface area (Å²) in [6.45, 7) is 1.78. The van der Waals surface area contributed by atoms with Crippen LogP contribution in [0, 0.1) is 5.92 Å². The molecule has 2 aliphatic heterocycles. The smallest absolute Gasteiger partial charge is 0.251 e. The van der Waals surface area contributed by atoms with Gasteiger partial charge in [-0.2, -0.15) is 0 Å². The van der Waals surface area contributed by atoms with Crippen molar-refractivity contribution in [3.05, 3.63) is 22.8 Å². The second-order valence-corrected chi connectivity index (χ2v) is 7.13. The van der Waals surface area contributed by atoms with Gasteiger partial charge in [0, 0.05) is 45.2 Å². The number of aromatic nitrogens is 1. The van der Waals surface area contributed by atoms with Crippen LogP contribution in [-0.2, 0) is 4.79 Å². The van der Waals surface area contributed by atoms with Crippen molar-refractivity contribution in [2.24, 2.45) is 5.92 Å². The van der Waals surface area contributed by atoms with Crippen LogP contribution in [0.3, 0.4) is 0 Å². The van der Waals surface area contributed by atoms with E-state index in [0.29, 0.717) is 6.54 Å². The zero-order chi connectivity index (χ0) is 16.4. The monoisotopic (exact) mass is 387 g/mol. The van der Waals surface area contributed by atoms with Crippen molar-refractivity contribution >= 4 is 27.7 Å².